The fraction of sp³-hybridized carbons (Fsp3) is 0.393. The predicted molar refractivity (Wildman–Crippen MR) is 143 cm³/mol. The molecule has 2 aromatic carbocycles. The smallest absolute Gasteiger partial charge is 0.0991 e. The van der Waals surface area contributed by atoms with Crippen molar-refractivity contribution in [3.8, 4) is 11.3 Å². The van der Waals surface area contributed by atoms with E-state index >= 15 is 0 Å². The molecule has 0 aliphatic heterocycles. The molecule has 1 nitrogen and oxygen atoms in total. The van der Waals surface area contributed by atoms with Crippen LogP contribution in [0.5, 0.6) is 0 Å². The van der Waals surface area contributed by atoms with Gasteiger partial charge in [0.05, 0.1) is 18.5 Å². The van der Waals surface area contributed by atoms with Crippen LogP contribution in [0.15, 0.2) is 48.7 Å². The van der Waals surface area contributed by atoms with Crippen molar-refractivity contribution in [3.63, 3.8) is 0 Å². The topological polar surface area (TPSA) is 12.9 Å². The second kappa shape index (κ2) is 8.18. The van der Waals surface area contributed by atoms with Gasteiger partial charge in [-0.1, -0.05) is 83.9 Å². The van der Waals surface area contributed by atoms with Crippen LogP contribution in [-0.2, 0) is 5.41 Å². The Morgan fingerprint density at radius 1 is 0.903 bits per heavy atom. The highest BCUT2D eigenvalue weighted by Gasteiger charge is 2.33. The number of hydrogen-bond donors (Lipinski definition) is 0. The molecule has 2 aromatic heterocycles. The van der Waals surface area contributed by atoms with Crippen LogP contribution in [0.4, 0.5) is 0 Å². The van der Waals surface area contributed by atoms with Gasteiger partial charge in [-0.05, 0) is 62.3 Å². The van der Waals surface area contributed by atoms with Crippen molar-refractivity contribution in [2.24, 2.45) is 0 Å². The third-order valence-corrected chi connectivity index (χ3v) is 15.4. The molecule has 0 fully saturated rings. The molecule has 2 heterocycles. The van der Waals surface area contributed by atoms with Gasteiger partial charge in [-0.2, -0.15) is 0 Å². The van der Waals surface area contributed by atoms with Crippen molar-refractivity contribution in [1.82, 2.24) is 4.98 Å². The van der Waals surface area contributed by atoms with Crippen molar-refractivity contribution < 1.29 is 0 Å². The summed E-state index contributed by atoms with van der Waals surface area (Å²) in [4.78, 5) is 4.95. The molecule has 4 rings (SSSR count). The lowest BCUT2D eigenvalue weighted by atomic mass is 9.82. The summed E-state index contributed by atoms with van der Waals surface area (Å²) >= 11 is 2.04. The molecule has 31 heavy (non-hydrogen) atoms. The molecule has 0 bridgehead atoms. The quantitative estimate of drug-likeness (QED) is 0.281. The molecule has 0 aliphatic rings. The summed E-state index contributed by atoms with van der Waals surface area (Å²) in [6.45, 7) is 16.5. The van der Waals surface area contributed by atoms with Crippen LogP contribution < -0.4 is 4.50 Å². The Balaban J connectivity index is 2.02. The number of fused-ring (bicyclic) bond motifs is 2. The second-order valence-corrected chi connectivity index (χ2v) is 16.5. The fourth-order valence-corrected chi connectivity index (χ4v) is 12.1. The van der Waals surface area contributed by atoms with Gasteiger partial charge in [0.15, 0.2) is 0 Å². The van der Waals surface area contributed by atoms with E-state index in [1.165, 1.54) is 55.7 Å². The molecule has 0 atom stereocenters. The van der Waals surface area contributed by atoms with Gasteiger partial charge in [0, 0.05) is 11.8 Å². The Kier molecular flexibility index (Phi) is 5.87. The lowest BCUT2D eigenvalue weighted by Gasteiger charge is -2.27. The number of aryl methyl sites for hydroxylation is 1. The third-order valence-electron chi connectivity index (χ3n) is 7.31. The zero-order valence-corrected chi connectivity index (χ0v) is 21.9. The van der Waals surface area contributed by atoms with Crippen molar-refractivity contribution in [2.45, 2.75) is 72.0 Å². The van der Waals surface area contributed by atoms with E-state index in [1.807, 2.05) is 17.5 Å². The SMILES string of the molecule is CC[Si](CC)(CC)c1sc2c(-c3cc(C(C)(C)C)c4ccccc4c3)nccc2c1C. The van der Waals surface area contributed by atoms with Gasteiger partial charge < -0.3 is 0 Å². The minimum Gasteiger partial charge on any atom is -0.255 e. The number of aromatic nitrogens is 1. The van der Waals surface area contributed by atoms with Crippen LogP contribution in [0, 0.1) is 6.92 Å². The van der Waals surface area contributed by atoms with Crippen molar-refractivity contribution in [3.05, 3.63) is 59.8 Å². The first-order valence-corrected chi connectivity index (χ1v) is 15.1. The summed E-state index contributed by atoms with van der Waals surface area (Å²) in [6.07, 6.45) is 2.01. The first kappa shape index (κ1) is 22.2. The summed E-state index contributed by atoms with van der Waals surface area (Å²) in [5.41, 5.74) is 5.39. The normalized spacial score (nSPS) is 12.7. The molecule has 0 amide bonds. The molecule has 0 unspecified atom stereocenters. The molecule has 0 aliphatic carbocycles. The molecular formula is C28H35NSSi. The van der Waals surface area contributed by atoms with Gasteiger partial charge in [-0.15, -0.1) is 11.3 Å². The van der Waals surface area contributed by atoms with Crippen LogP contribution in [0.3, 0.4) is 0 Å². The molecule has 0 spiro atoms. The molecule has 4 aromatic rings. The van der Waals surface area contributed by atoms with E-state index in [2.05, 4.69) is 90.9 Å². The predicted octanol–water partition coefficient (Wildman–Crippen LogP) is 8.44. The van der Waals surface area contributed by atoms with Crippen molar-refractivity contribution >= 4 is 44.8 Å². The van der Waals surface area contributed by atoms with Crippen LogP contribution in [0.1, 0.15) is 52.7 Å². The van der Waals surface area contributed by atoms with E-state index in [-0.39, 0.29) is 5.41 Å². The van der Waals surface area contributed by atoms with Gasteiger partial charge in [-0.25, -0.2) is 0 Å². The average Bonchev–Trinajstić information content (AvgIpc) is 3.11. The van der Waals surface area contributed by atoms with Crippen LogP contribution in [-0.4, -0.2) is 13.1 Å². The Morgan fingerprint density at radius 3 is 2.23 bits per heavy atom. The number of pyridine rings is 1. The van der Waals surface area contributed by atoms with E-state index in [0.717, 1.165) is 5.69 Å². The number of rotatable bonds is 5. The van der Waals surface area contributed by atoms with Gasteiger partial charge >= 0.3 is 0 Å². The minimum atomic E-state index is -1.44. The highest BCUT2D eigenvalue weighted by Crippen LogP contribution is 2.39. The van der Waals surface area contributed by atoms with Crippen LogP contribution in [0.25, 0.3) is 32.1 Å². The van der Waals surface area contributed by atoms with Crippen molar-refractivity contribution in [2.75, 3.05) is 0 Å². The summed E-state index contributed by atoms with van der Waals surface area (Å²) in [5, 5.41) is 4.06. The fourth-order valence-electron chi connectivity index (χ4n) is 5.16. The Bertz CT molecular complexity index is 1230. The number of hydrogen-bond acceptors (Lipinski definition) is 2. The van der Waals surface area contributed by atoms with Gasteiger partial charge in [-0.3, -0.25) is 4.98 Å². The highest BCUT2D eigenvalue weighted by molar-refractivity contribution is 7.32. The zero-order valence-electron chi connectivity index (χ0n) is 20.1. The van der Waals surface area contributed by atoms with Gasteiger partial charge in [0.25, 0.3) is 0 Å². The zero-order chi connectivity index (χ0) is 22.4. The lowest BCUT2D eigenvalue weighted by Crippen LogP contribution is -2.45. The first-order valence-electron chi connectivity index (χ1n) is 11.7. The first-order chi connectivity index (χ1) is 14.8. The largest absolute Gasteiger partial charge is 0.255 e. The molecule has 0 radical (unpaired) electrons. The van der Waals surface area contributed by atoms with Crippen LogP contribution >= 0.6 is 11.3 Å². The summed E-state index contributed by atoms with van der Waals surface area (Å²) < 4.78 is 3.07. The Labute approximate surface area is 192 Å². The van der Waals surface area contributed by atoms with E-state index in [9.17, 15) is 0 Å². The number of benzene rings is 2. The average molecular weight is 446 g/mol. The molecule has 0 N–H and O–H groups in total. The van der Waals surface area contributed by atoms with Crippen molar-refractivity contribution in [1.29, 1.82) is 0 Å². The maximum absolute atomic E-state index is 4.95. The Morgan fingerprint density at radius 2 is 1.58 bits per heavy atom. The molecular weight excluding hydrogens is 410 g/mol. The Hall–Kier alpha value is -1.97. The molecule has 0 saturated carbocycles. The van der Waals surface area contributed by atoms with E-state index in [0.29, 0.717) is 0 Å². The van der Waals surface area contributed by atoms with E-state index in [4.69, 9.17) is 4.98 Å². The van der Waals surface area contributed by atoms with E-state index < -0.39 is 8.07 Å². The molecule has 162 valence electrons. The second-order valence-electron chi connectivity index (χ2n) is 9.93. The summed E-state index contributed by atoms with van der Waals surface area (Å²) in [7, 11) is -1.44. The highest BCUT2D eigenvalue weighted by atomic mass is 32.1. The minimum absolute atomic E-state index is 0.0781. The summed E-state index contributed by atoms with van der Waals surface area (Å²) in [5.74, 6) is 0. The van der Waals surface area contributed by atoms with Gasteiger partial charge in [0.1, 0.15) is 0 Å². The number of nitrogens with zero attached hydrogens (tertiary/aromatic N) is 1. The maximum Gasteiger partial charge on any atom is 0.0991 e. The van der Waals surface area contributed by atoms with Crippen LogP contribution in [0.2, 0.25) is 18.1 Å². The third kappa shape index (κ3) is 3.66. The molecule has 3 heteroatoms. The monoisotopic (exact) mass is 445 g/mol. The standard InChI is InChI=1S/C28H35NSSi/c1-8-31(9-2,10-3)27-19(4)22-15-16-29-25(26(22)30-27)21-17-20-13-11-12-14-23(20)24(18-21)28(5,6)7/h11-18H,8-10H2,1-7H3. The summed E-state index contributed by atoms with van der Waals surface area (Å²) in [6, 6.07) is 19.7. The maximum atomic E-state index is 4.95. The van der Waals surface area contributed by atoms with E-state index in [1.54, 1.807) is 4.50 Å². The lowest BCUT2D eigenvalue weighted by molar-refractivity contribution is 0.596. The molecule has 0 saturated heterocycles. The number of thiophene rings is 1. The van der Waals surface area contributed by atoms with Gasteiger partial charge in [0.2, 0.25) is 0 Å².